The summed E-state index contributed by atoms with van der Waals surface area (Å²) in [6, 6.07) is 12.5. The highest BCUT2D eigenvalue weighted by Gasteiger charge is 2.21. The van der Waals surface area contributed by atoms with E-state index in [1.54, 1.807) is 54.1 Å². The molecule has 0 fully saturated rings. The summed E-state index contributed by atoms with van der Waals surface area (Å²) in [4.78, 5) is 15.1. The van der Waals surface area contributed by atoms with Gasteiger partial charge in [-0.25, -0.2) is 13.1 Å². The van der Waals surface area contributed by atoms with Crippen molar-refractivity contribution in [3.05, 3.63) is 52.6 Å². The molecule has 0 aliphatic carbocycles. The zero-order valence-electron chi connectivity index (χ0n) is 16.3. The average Bonchev–Trinajstić information content (AvgIpc) is 3.10. The first-order valence-corrected chi connectivity index (χ1v) is 12.3. The molecule has 0 radical (unpaired) electrons. The number of aromatic nitrogens is 1. The number of fused-ring (bicyclic) bond motifs is 1. The number of primary amides is 1. The summed E-state index contributed by atoms with van der Waals surface area (Å²) < 4.78 is 35.7. The fraction of sp³-hybridized carbons (Fsp3) is 0.211. The minimum absolute atomic E-state index is 0.0972. The minimum Gasteiger partial charge on any atom is -0.497 e. The number of carbonyl (C=O) groups is 1. The summed E-state index contributed by atoms with van der Waals surface area (Å²) in [5.41, 5.74) is 6.97. The molecule has 0 spiro atoms. The molecule has 0 aliphatic heterocycles. The second kappa shape index (κ2) is 9.73. The van der Waals surface area contributed by atoms with Crippen LogP contribution in [0.5, 0.6) is 5.75 Å². The van der Waals surface area contributed by atoms with Crippen molar-refractivity contribution in [3.63, 3.8) is 0 Å². The van der Waals surface area contributed by atoms with Gasteiger partial charge in [0.2, 0.25) is 0 Å². The molecule has 2 aromatic carbocycles. The number of hydrogen-bond acceptors (Lipinski definition) is 4. The number of ether oxygens (including phenoxy) is 1. The van der Waals surface area contributed by atoms with Crippen LogP contribution >= 0.6 is 15.9 Å². The molecule has 4 N–H and O–H groups in total. The molecule has 3 rings (SSSR count). The van der Waals surface area contributed by atoms with Crippen LogP contribution < -0.4 is 19.5 Å². The number of rotatable bonds is 9. The summed E-state index contributed by atoms with van der Waals surface area (Å²) in [6.07, 6.45) is 1.57. The Morgan fingerprint density at radius 2 is 1.93 bits per heavy atom. The molecule has 160 valence electrons. The number of aromatic amines is 1. The van der Waals surface area contributed by atoms with Crippen LogP contribution in [0.15, 0.2) is 51.8 Å². The van der Waals surface area contributed by atoms with Crippen molar-refractivity contribution in [1.82, 2.24) is 9.71 Å². The molecular weight excluding hydrogens is 492 g/mol. The first kappa shape index (κ1) is 22.5. The Morgan fingerprint density at radius 3 is 2.53 bits per heavy atom. The molecule has 1 aromatic heterocycles. The molecule has 2 atom stereocenters. The quantitative estimate of drug-likeness (QED) is 0.408. The molecule has 1 amide bonds. The van der Waals surface area contributed by atoms with Gasteiger partial charge in [-0.15, -0.1) is 0 Å². The van der Waals surface area contributed by atoms with E-state index in [2.05, 4.69) is 25.6 Å². The first-order chi connectivity index (χ1) is 14.3. The number of carbonyl (C=O) groups excluding carboxylic acids is 1. The summed E-state index contributed by atoms with van der Waals surface area (Å²) in [6.45, 7) is 0.593. The molecule has 11 heteroatoms. The van der Waals surface area contributed by atoms with Gasteiger partial charge < -0.3 is 15.5 Å². The summed E-state index contributed by atoms with van der Waals surface area (Å²) in [7, 11) is -1.41. The summed E-state index contributed by atoms with van der Waals surface area (Å²) in [5.74, 6) is 0.00582. The Bertz CT molecular complexity index is 1120. The van der Waals surface area contributed by atoms with Gasteiger partial charge in [-0.3, -0.25) is 9.10 Å². The van der Waals surface area contributed by atoms with Gasteiger partial charge in [0.05, 0.1) is 12.0 Å². The van der Waals surface area contributed by atoms with Crippen LogP contribution in [-0.4, -0.2) is 45.8 Å². The van der Waals surface area contributed by atoms with Crippen LogP contribution in [0, 0.1) is 0 Å². The highest BCUT2D eigenvalue weighted by molar-refractivity contribution is 9.10. The number of nitrogens with two attached hydrogens (primary N) is 1. The number of H-pyrrole nitrogens is 1. The Labute approximate surface area is 187 Å². The third-order valence-electron chi connectivity index (χ3n) is 4.36. The van der Waals surface area contributed by atoms with Gasteiger partial charge in [0.15, 0.2) is 0 Å². The zero-order chi connectivity index (χ0) is 21.8. The van der Waals surface area contributed by atoms with E-state index in [1.807, 2.05) is 6.07 Å². The normalized spacial score (nSPS) is 13.2. The van der Waals surface area contributed by atoms with Crippen molar-refractivity contribution < 1.29 is 17.9 Å². The van der Waals surface area contributed by atoms with Crippen molar-refractivity contribution in [2.75, 3.05) is 30.8 Å². The molecule has 3 aromatic rings. The van der Waals surface area contributed by atoms with Crippen LogP contribution in [-0.2, 0) is 22.0 Å². The number of benzene rings is 2. The Hall–Kier alpha value is -2.21. The lowest BCUT2D eigenvalue weighted by molar-refractivity contribution is 0.0993. The van der Waals surface area contributed by atoms with E-state index < -0.39 is 27.9 Å². The Morgan fingerprint density at radius 1 is 1.23 bits per heavy atom. The number of methoxy groups -OCH3 is 1. The van der Waals surface area contributed by atoms with Crippen LogP contribution in [0.2, 0.25) is 0 Å². The average molecular weight is 513 g/mol. The molecule has 30 heavy (non-hydrogen) atoms. The second-order valence-electron chi connectivity index (χ2n) is 6.27. The van der Waals surface area contributed by atoms with E-state index in [-0.39, 0.29) is 12.2 Å². The molecule has 0 aliphatic rings. The van der Waals surface area contributed by atoms with E-state index in [1.165, 1.54) is 0 Å². The molecule has 0 saturated carbocycles. The summed E-state index contributed by atoms with van der Waals surface area (Å²) in [5, 5.41) is 0.634. The largest absolute Gasteiger partial charge is 0.497 e. The standard InChI is InChI=1S/C19H21BrN4O4S2/c1-28-14-6-4-13(5-7-14)24(29(2)26)10-9-22-30(27)18-15-11-12(20)3-8-16(15)23-17(18)19(21)25/h3-8,11,22-23H,9-10H2,1-2H3,(H2,21,25). The highest BCUT2D eigenvalue weighted by atomic mass is 79.9. The first-order valence-electron chi connectivity index (χ1n) is 8.83. The predicted molar refractivity (Wildman–Crippen MR) is 123 cm³/mol. The second-order valence-corrected chi connectivity index (χ2v) is 9.71. The fourth-order valence-corrected chi connectivity index (χ4v) is 5.23. The third-order valence-corrected chi connectivity index (χ3v) is 7.13. The van der Waals surface area contributed by atoms with Crippen molar-refractivity contribution >= 4 is 60.4 Å². The Balaban J connectivity index is 1.77. The molecule has 0 bridgehead atoms. The zero-order valence-corrected chi connectivity index (χ0v) is 19.5. The molecule has 1 heterocycles. The van der Waals surface area contributed by atoms with Gasteiger partial charge >= 0.3 is 0 Å². The Kier molecular flexibility index (Phi) is 7.29. The van der Waals surface area contributed by atoms with Gasteiger partial charge in [0.25, 0.3) is 5.91 Å². The van der Waals surface area contributed by atoms with Gasteiger partial charge in [0.1, 0.15) is 33.4 Å². The van der Waals surface area contributed by atoms with E-state index in [0.717, 1.165) is 10.2 Å². The maximum atomic E-state index is 13.0. The van der Waals surface area contributed by atoms with E-state index in [0.29, 0.717) is 28.1 Å². The maximum Gasteiger partial charge on any atom is 0.266 e. The van der Waals surface area contributed by atoms with Crippen molar-refractivity contribution in [2.24, 2.45) is 5.73 Å². The van der Waals surface area contributed by atoms with Crippen molar-refractivity contribution in [1.29, 1.82) is 0 Å². The number of hydrogen-bond donors (Lipinski definition) is 3. The molecule has 2 unspecified atom stereocenters. The number of halogens is 1. The minimum atomic E-state index is -1.71. The van der Waals surface area contributed by atoms with Gasteiger partial charge in [0, 0.05) is 40.4 Å². The smallest absolute Gasteiger partial charge is 0.266 e. The lowest BCUT2D eigenvalue weighted by Crippen LogP contribution is -2.34. The van der Waals surface area contributed by atoms with Crippen LogP contribution in [0.1, 0.15) is 10.5 Å². The van der Waals surface area contributed by atoms with Crippen molar-refractivity contribution in [3.8, 4) is 5.75 Å². The van der Waals surface area contributed by atoms with Crippen LogP contribution in [0.4, 0.5) is 5.69 Å². The van der Waals surface area contributed by atoms with Gasteiger partial charge in [-0.1, -0.05) is 15.9 Å². The molecular formula is C19H21BrN4O4S2. The molecule has 0 saturated heterocycles. The number of nitrogens with one attached hydrogen (secondary N) is 2. The molecule has 8 nitrogen and oxygen atoms in total. The SMILES string of the molecule is COc1ccc(N(CCNS(=O)c2c(C(N)=O)[nH]c3ccc(Br)cc23)S(C)=O)cc1. The number of nitrogens with zero attached hydrogens (tertiary/aromatic N) is 1. The van der Waals surface area contributed by atoms with E-state index in [9.17, 15) is 13.2 Å². The van der Waals surface area contributed by atoms with Gasteiger partial charge in [-0.05, 0) is 42.5 Å². The van der Waals surface area contributed by atoms with Crippen LogP contribution in [0.3, 0.4) is 0 Å². The van der Waals surface area contributed by atoms with Gasteiger partial charge in [-0.2, -0.15) is 0 Å². The van der Waals surface area contributed by atoms with E-state index in [4.69, 9.17) is 10.5 Å². The predicted octanol–water partition coefficient (Wildman–Crippen LogP) is 2.45. The lowest BCUT2D eigenvalue weighted by atomic mass is 10.2. The van der Waals surface area contributed by atoms with E-state index >= 15 is 0 Å². The topological polar surface area (TPSA) is 118 Å². The fourth-order valence-electron chi connectivity index (χ4n) is 2.97. The number of anilines is 1. The highest BCUT2D eigenvalue weighted by Crippen LogP contribution is 2.28. The third kappa shape index (κ3) is 4.91. The maximum absolute atomic E-state index is 13.0. The van der Waals surface area contributed by atoms with Crippen LogP contribution in [0.25, 0.3) is 10.9 Å². The van der Waals surface area contributed by atoms with Crippen molar-refractivity contribution in [2.45, 2.75) is 4.90 Å². The lowest BCUT2D eigenvalue weighted by Gasteiger charge is -2.21. The summed E-state index contributed by atoms with van der Waals surface area (Å²) >= 11 is 3.39. The monoisotopic (exact) mass is 512 g/mol. The number of amides is 1.